The molecule has 1 heterocycles. The number of nitrogens with zero attached hydrogens (tertiary/aromatic N) is 1. The predicted molar refractivity (Wildman–Crippen MR) is 83.2 cm³/mol. The van der Waals surface area contributed by atoms with Crippen molar-refractivity contribution in [1.29, 1.82) is 0 Å². The lowest BCUT2D eigenvalue weighted by atomic mass is 9.98. The van der Waals surface area contributed by atoms with Crippen LogP contribution in [0, 0.1) is 5.92 Å². The van der Waals surface area contributed by atoms with Gasteiger partial charge in [-0.3, -0.25) is 4.79 Å². The van der Waals surface area contributed by atoms with Crippen LogP contribution in [0.5, 0.6) is 0 Å². The second-order valence-corrected chi connectivity index (χ2v) is 7.02. The van der Waals surface area contributed by atoms with Crippen LogP contribution in [-0.2, 0) is 4.79 Å². The summed E-state index contributed by atoms with van der Waals surface area (Å²) in [6.45, 7) is 3.70. The van der Waals surface area contributed by atoms with E-state index in [2.05, 4.69) is 0 Å². The van der Waals surface area contributed by atoms with Gasteiger partial charge in [0.1, 0.15) is 0 Å². The summed E-state index contributed by atoms with van der Waals surface area (Å²) in [7, 11) is 0. The van der Waals surface area contributed by atoms with Gasteiger partial charge >= 0.3 is 0 Å². The number of piperidine rings is 1. The molecule has 0 saturated carbocycles. The number of hydrogen-bond acceptors (Lipinski definition) is 3. The number of halogens is 1. The van der Waals surface area contributed by atoms with Crippen molar-refractivity contribution in [2.75, 3.05) is 19.7 Å². The molecule has 3 nitrogen and oxygen atoms in total. The smallest absolute Gasteiger partial charge is 0.235 e. The molecule has 1 saturated heterocycles. The van der Waals surface area contributed by atoms with Crippen LogP contribution in [0.1, 0.15) is 19.8 Å². The minimum atomic E-state index is -0.0955. The maximum absolute atomic E-state index is 12.4. The Kier molecular flexibility index (Phi) is 5.75. The van der Waals surface area contributed by atoms with Crippen LogP contribution in [0.2, 0.25) is 5.02 Å². The molecule has 1 aliphatic rings. The SMILES string of the molecule is CC(Sc1ccc(Cl)cc1)C(=O)N1CCC(CO)CC1. The standard InChI is InChI=1S/C15H20ClNO2S/c1-11(20-14-4-2-13(16)3-5-14)15(19)17-8-6-12(10-18)7-9-17/h2-5,11-12,18H,6-10H2,1H3. The average Bonchev–Trinajstić information content (AvgIpc) is 2.49. The second kappa shape index (κ2) is 7.34. The largest absolute Gasteiger partial charge is 0.396 e. The maximum atomic E-state index is 12.4. The van der Waals surface area contributed by atoms with E-state index >= 15 is 0 Å². The van der Waals surface area contributed by atoms with E-state index in [-0.39, 0.29) is 17.8 Å². The number of aliphatic hydroxyl groups excluding tert-OH is 1. The Morgan fingerprint density at radius 2 is 2.00 bits per heavy atom. The average molecular weight is 314 g/mol. The van der Waals surface area contributed by atoms with Crippen molar-refractivity contribution in [3.8, 4) is 0 Å². The number of likely N-dealkylation sites (tertiary alicyclic amines) is 1. The van der Waals surface area contributed by atoms with Gasteiger partial charge in [0.05, 0.1) is 5.25 Å². The van der Waals surface area contributed by atoms with Crippen molar-refractivity contribution >= 4 is 29.3 Å². The van der Waals surface area contributed by atoms with E-state index in [4.69, 9.17) is 16.7 Å². The minimum Gasteiger partial charge on any atom is -0.396 e. The third-order valence-corrected chi connectivity index (χ3v) is 5.01. The van der Waals surface area contributed by atoms with Crippen molar-refractivity contribution in [1.82, 2.24) is 4.90 Å². The molecule has 0 radical (unpaired) electrons. The van der Waals surface area contributed by atoms with E-state index in [1.54, 1.807) is 11.8 Å². The van der Waals surface area contributed by atoms with Crippen LogP contribution in [0.4, 0.5) is 0 Å². The Balaban J connectivity index is 1.87. The fourth-order valence-electron chi connectivity index (χ4n) is 2.36. The Bertz CT molecular complexity index is 444. The number of hydrogen-bond donors (Lipinski definition) is 1. The molecule has 1 unspecified atom stereocenters. The molecule has 110 valence electrons. The van der Waals surface area contributed by atoms with Gasteiger partial charge in [-0.25, -0.2) is 0 Å². The quantitative estimate of drug-likeness (QED) is 0.869. The number of benzene rings is 1. The summed E-state index contributed by atoms with van der Waals surface area (Å²) < 4.78 is 0. The van der Waals surface area contributed by atoms with Crippen molar-refractivity contribution < 1.29 is 9.90 Å². The number of carbonyl (C=O) groups is 1. The highest BCUT2D eigenvalue weighted by atomic mass is 35.5. The summed E-state index contributed by atoms with van der Waals surface area (Å²) in [4.78, 5) is 15.4. The van der Waals surface area contributed by atoms with Gasteiger partial charge in [0, 0.05) is 29.6 Å². The predicted octanol–water partition coefficient (Wildman–Crippen LogP) is 3.05. The van der Waals surface area contributed by atoms with E-state index < -0.39 is 0 Å². The molecule has 2 rings (SSSR count). The highest BCUT2D eigenvalue weighted by molar-refractivity contribution is 8.00. The van der Waals surface area contributed by atoms with E-state index in [0.717, 1.165) is 30.8 Å². The molecule has 20 heavy (non-hydrogen) atoms. The van der Waals surface area contributed by atoms with Gasteiger partial charge in [-0.2, -0.15) is 0 Å². The van der Waals surface area contributed by atoms with Gasteiger partial charge in [0.25, 0.3) is 0 Å². The first-order chi connectivity index (χ1) is 9.60. The number of aliphatic hydroxyl groups is 1. The Morgan fingerprint density at radius 3 is 2.55 bits per heavy atom. The molecule has 1 aromatic rings. The van der Waals surface area contributed by atoms with E-state index in [0.29, 0.717) is 10.9 Å². The zero-order valence-corrected chi connectivity index (χ0v) is 13.2. The lowest BCUT2D eigenvalue weighted by molar-refractivity contribution is -0.131. The third-order valence-electron chi connectivity index (χ3n) is 3.66. The maximum Gasteiger partial charge on any atom is 0.235 e. The van der Waals surface area contributed by atoms with Crippen molar-refractivity contribution in [2.24, 2.45) is 5.92 Å². The zero-order valence-electron chi connectivity index (χ0n) is 11.6. The van der Waals surface area contributed by atoms with E-state index in [1.165, 1.54) is 0 Å². The molecule has 1 aliphatic heterocycles. The van der Waals surface area contributed by atoms with Gasteiger partial charge in [0.15, 0.2) is 0 Å². The summed E-state index contributed by atoms with van der Waals surface area (Å²) in [6, 6.07) is 7.56. The lowest BCUT2D eigenvalue weighted by Crippen LogP contribution is -2.42. The first kappa shape index (κ1) is 15.7. The Morgan fingerprint density at radius 1 is 1.40 bits per heavy atom. The second-order valence-electron chi connectivity index (χ2n) is 5.17. The summed E-state index contributed by atoms with van der Waals surface area (Å²) in [6.07, 6.45) is 1.81. The van der Waals surface area contributed by atoms with Gasteiger partial charge in [-0.05, 0) is 49.9 Å². The number of rotatable bonds is 4. The van der Waals surface area contributed by atoms with Crippen LogP contribution in [-0.4, -0.2) is 40.9 Å². The van der Waals surface area contributed by atoms with Gasteiger partial charge in [0.2, 0.25) is 5.91 Å². The van der Waals surface area contributed by atoms with Crippen molar-refractivity contribution in [3.63, 3.8) is 0 Å². The van der Waals surface area contributed by atoms with Crippen LogP contribution < -0.4 is 0 Å². The Hall–Kier alpha value is -0.710. The van der Waals surface area contributed by atoms with Crippen LogP contribution in [0.25, 0.3) is 0 Å². The molecular weight excluding hydrogens is 294 g/mol. The molecule has 0 aliphatic carbocycles. The van der Waals surface area contributed by atoms with Crippen molar-refractivity contribution in [3.05, 3.63) is 29.3 Å². The molecule has 0 spiro atoms. The van der Waals surface area contributed by atoms with Crippen LogP contribution in [0.15, 0.2) is 29.2 Å². The van der Waals surface area contributed by atoms with Crippen molar-refractivity contribution in [2.45, 2.75) is 29.9 Å². The fraction of sp³-hybridized carbons (Fsp3) is 0.533. The number of carbonyl (C=O) groups excluding carboxylic acids is 1. The third kappa shape index (κ3) is 4.14. The molecule has 1 amide bonds. The highest BCUT2D eigenvalue weighted by Crippen LogP contribution is 2.27. The summed E-state index contributed by atoms with van der Waals surface area (Å²) in [5.41, 5.74) is 0. The molecule has 0 aromatic heterocycles. The molecule has 1 N–H and O–H groups in total. The lowest BCUT2D eigenvalue weighted by Gasteiger charge is -2.32. The molecule has 5 heteroatoms. The monoisotopic (exact) mass is 313 g/mol. The summed E-state index contributed by atoms with van der Waals surface area (Å²) in [5, 5.41) is 9.74. The van der Waals surface area contributed by atoms with Gasteiger partial charge in [-0.1, -0.05) is 11.6 Å². The molecule has 1 fully saturated rings. The number of thioether (sulfide) groups is 1. The first-order valence-electron chi connectivity index (χ1n) is 6.92. The normalized spacial score (nSPS) is 18.1. The molecule has 1 atom stereocenters. The van der Waals surface area contributed by atoms with Gasteiger partial charge in [-0.15, -0.1) is 11.8 Å². The minimum absolute atomic E-state index is 0.0955. The highest BCUT2D eigenvalue weighted by Gasteiger charge is 2.26. The van der Waals surface area contributed by atoms with E-state index in [9.17, 15) is 4.79 Å². The first-order valence-corrected chi connectivity index (χ1v) is 8.17. The fourth-order valence-corrected chi connectivity index (χ4v) is 3.44. The van der Waals surface area contributed by atoms with Crippen LogP contribution in [0.3, 0.4) is 0 Å². The number of amides is 1. The van der Waals surface area contributed by atoms with E-state index in [1.807, 2.05) is 36.1 Å². The Labute approximate surface area is 129 Å². The topological polar surface area (TPSA) is 40.5 Å². The molecule has 0 bridgehead atoms. The van der Waals surface area contributed by atoms with Crippen LogP contribution >= 0.6 is 23.4 Å². The molecular formula is C15H20ClNO2S. The van der Waals surface area contributed by atoms with Gasteiger partial charge < -0.3 is 10.0 Å². The molecule has 1 aromatic carbocycles. The zero-order chi connectivity index (χ0) is 14.5. The summed E-state index contributed by atoms with van der Waals surface area (Å²) in [5.74, 6) is 0.541. The summed E-state index contributed by atoms with van der Waals surface area (Å²) >= 11 is 7.42.